The second kappa shape index (κ2) is 8.99. The maximum Gasteiger partial charge on any atom is 0.411 e. The summed E-state index contributed by atoms with van der Waals surface area (Å²) < 4.78 is 5.40. The van der Waals surface area contributed by atoms with E-state index in [0.717, 1.165) is 17.4 Å². The summed E-state index contributed by atoms with van der Waals surface area (Å²) in [7, 11) is 0. The van der Waals surface area contributed by atoms with Gasteiger partial charge >= 0.3 is 6.09 Å². The van der Waals surface area contributed by atoms with E-state index in [1.165, 1.54) is 25.7 Å². The van der Waals surface area contributed by atoms with E-state index >= 15 is 0 Å². The zero-order valence-electron chi connectivity index (χ0n) is 14.3. The number of carbonyl (C=O) groups excluding carboxylic acids is 1. The number of nitrogens with one attached hydrogen (secondary N) is 1. The van der Waals surface area contributed by atoms with Crippen molar-refractivity contribution in [3.05, 3.63) is 29.8 Å². The van der Waals surface area contributed by atoms with Gasteiger partial charge in [0.15, 0.2) is 6.07 Å². The Morgan fingerprint density at radius 3 is 2.29 bits per heavy atom. The molecule has 4 nitrogen and oxygen atoms in total. The number of hydrogen-bond donors (Lipinski definition) is 1. The Balaban J connectivity index is 1.78. The van der Waals surface area contributed by atoms with Crippen LogP contribution in [0, 0.1) is 40.9 Å². The number of anilines is 1. The molecule has 4 heteroatoms. The molecule has 1 aliphatic rings. The Bertz CT molecular complexity index is 637. The summed E-state index contributed by atoms with van der Waals surface area (Å²) in [4.78, 5) is 11.9. The van der Waals surface area contributed by atoms with Crippen molar-refractivity contribution < 1.29 is 9.53 Å². The molecule has 0 bridgehead atoms. The fourth-order valence-corrected chi connectivity index (χ4v) is 3.36. The second-order valence-corrected chi connectivity index (χ2v) is 6.23. The SMILES string of the molecule is CCCC1C(CCC)C1COC(=O)Nc1ccc(C#CC#N)cc1. The Morgan fingerprint density at radius 2 is 1.75 bits per heavy atom. The van der Waals surface area contributed by atoms with Crippen molar-refractivity contribution in [2.24, 2.45) is 17.8 Å². The van der Waals surface area contributed by atoms with Crippen LogP contribution < -0.4 is 5.32 Å². The van der Waals surface area contributed by atoms with Crippen LogP contribution in [0.15, 0.2) is 24.3 Å². The quantitative estimate of drug-likeness (QED) is 0.747. The highest BCUT2D eigenvalue weighted by Crippen LogP contribution is 2.51. The van der Waals surface area contributed by atoms with E-state index in [9.17, 15) is 4.79 Å². The Hall–Kier alpha value is -2.46. The molecule has 0 heterocycles. The average molecular weight is 324 g/mol. The molecule has 1 aliphatic carbocycles. The second-order valence-electron chi connectivity index (χ2n) is 6.23. The maximum absolute atomic E-state index is 11.9. The van der Waals surface area contributed by atoms with E-state index in [4.69, 9.17) is 10.00 Å². The van der Waals surface area contributed by atoms with Gasteiger partial charge in [-0.1, -0.05) is 45.5 Å². The summed E-state index contributed by atoms with van der Waals surface area (Å²) >= 11 is 0. The minimum atomic E-state index is -0.414. The van der Waals surface area contributed by atoms with Gasteiger partial charge in [-0.2, -0.15) is 5.26 Å². The molecular weight excluding hydrogens is 300 g/mol. The van der Waals surface area contributed by atoms with Crippen molar-refractivity contribution in [2.45, 2.75) is 39.5 Å². The molecule has 1 N–H and O–H groups in total. The monoisotopic (exact) mass is 324 g/mol. The third kappa shape index (κ3) is 5.03. The summed E-state index contributed by atoms with van der Waals surface area (Å²) in [6, 6.07) is 8.79. The van der Waals surface area contributed by atoms with Crippen LogP contribution in [-0.2, 0) is 4.74 Å². The fourth-order valence-electron chi connectivity index (χ4n) is 3.36. The predicted molar refractivity (Wildman–Crippen MR) is 94.2 cm³/mol. The zero-order chi connectivity index (χ0) is 17.4. The number of rotatable bonds is 7. The molecule has 126 valence electrons. The van der Waals surface area contributed by atoms with Crippen LogP contribution >= 0.6 is 0 Å². The number of hydrogen-bond acceptors (Lipinski definition) is 3. The first kappa shape index (κ1) is 17.9. The summed E-state index contributed by atoms with van der Waals surface area (Å²) in [5.74, 6) is 7.01. The first-order valence-corrected chi connectivity index (χ1v) is 8.63. The summed E-state index contributed by atoms with van der Waals surface area (Å²) in [6.45, 7) is 4.92. The van der Waals surface area contributed by atoms with Crippen molar-refractivity contribution in [3.8, 4) is 17.9 Å². The minimum absolute atomic E-state index is 0.414. The number of ether oxygens (including phenoxy) is 1. The van der Waals surface area contributed by atoms with E-state index in [1.807, 2.05) is 0 Å². The average Bonchev–Trinajstić information content (AvgIpc) is 3.24. The molecule has 2 rings (SSSR count). The van der Waals surface area contributed by atoms with Crippen molar-refractivity contribution in [1.29, 1.82) is 5.26 Å². The van der Waals surface area contributed by atoms with Crippen LogP contribution in [0.4, 0.5) is 10.5 Å². The van der Waals surface area contributed by atoms with Crippen molar-refractivity contribution in [1.82, 2.24) is 0 Å². The van der Waals surface area contributed by atoms with Crippen molar-refractivity contribution in [2.75, 3.05) is 11.9 Å². The lowest BCUT2D eigenvalue weighted by molar-refractivity contribution is 0.152. The highest BCUT2D eigenvalue weighted by atomic mass is 16.5. The first-order chi connectivity index (χ1) is 11.7. The van der Waals surface area contributed by atoms with Crippen LogP contribution in [0.1, 0.15) is 45.1 Å². The van der Waals surface area contributed by atoms with Crippen molar-refractivity contribution in [3.63, 3.8) is 0 Å². The molecule has 0 spiro atoms. The van der Waals surface area contributed by atoms with Gasteiger partial charge in [-0.05, 0) is 42.0 Å². The molecule has 1 saturated carbocycles. The number of carbonyl (C=O) groups is 1. The van der Waals surface area contributed by atoms with Gasteiger partial charge in [0.05, 0.1) is 6.61 Å². The summed E-state index contributed by atoms with van der Waals surface area (Å²) in [5, 5.41) is 11.1. The molecule has 0 radical (unpaired) electrons. The molecule has 24 heavy (non-hydrogen) atoms. The topological polar surface area (TPSA) is 62.1 Å². The normalized spacial score (nSPS) is 21.1. The largest absolute Gasteiger partial charge is 0.449 e. The van der Waals surface area contributed by atoms with E-state index in [0.29, 0.717) is 18.2 Å². The fraction of sp³-hybridized carbons (Fsp3) is 0.500. The van der Waals surface area contributed by atoms with Crippen LogP contribution in [0.25, 0.3) is 0 Å². The Kier molecular flexibility index (Phi) is 6.70. The van der Waals surface area contributed by atoms with Gasteiger partial charge in [0.25, 0.3) is 0 Å². The van der Waals surface area contributed by atoms with Gasteiger partial charge in [0, 0.05) is 17.2 Å². The van der Waals surface area contributed by atoms with Gasteiger partial charge < -0.3 is 4.74 Å². The number of benzene rings is 1. The van der Waals surface area contributed by atoms with Crippen LogP contribution in [0.3, 0.4) is 0 Å². The lowest BCUT2D eigenvalue weighted by Gasteiger charge is -2.07. The molecule has 1 amide bonds. The molecule has 2 atom stereocenters. The van der Waals surface area contributed by atoms with Gasteiger partial charge in [-0.15, -0.1) is 0 Å². The predicted octanol–water partition coefficient (Wildman–Crippen LogP) is 4.57. The third-order valence-electron chi connectivity index (χ3n) is 4.55. The number of nitrogens with zero attached hydrogens (tertiary/aromatic N) is 1. The number of amides is 1. The highest BCUT2D eigenvalue weighted by Gasteiger charge is 2.48. The lowest BCUT2D eigenvalue weighted by atomic mass is 10.1. The molecule has 0 aliphatic heterocycles. The Morgan fingerprint density at radius 1 is 1.12 bits per heavy atom. The molecule has 1 aromatic carbocycles. The summed E-state index contributed by atoms with van der Waals surface area (Å²) in [6.07, 6.45) is 4.42. The maximum atomic E-state index is 11.9. The van der Waals surface area contributed by atoms with Gasteiger partial charge in [0.2, 0.25) is 0 Å². The molecular formula is C20H24N2O2. The lowest BCUT2D eigenvalue weighted by Crippen LogP contribution is -2.15. The molecule has 1 fully saturated rings. The van der Waals surface area contributed by atoms with Crippen LogP contribution in [-0.4, -0.2) is 12.7 Å². The standard InChI is InChI=1S/C20H24N2O2/c1-3-6-17-18(7-4-2)19(17)14-24-20(23)22-16-11-9-15(10-12-16)8-5-13-21/h9-12,17-19H,3-4,6-7,14H2,1-2H3,(H,22,23). The van der Waals surface area contributed by atoms with Gasteiger partial charge in [-0.25, -0.2) is 4.79 Å². The van der Waals surface area contributed by atoms with Gasteiger partial charge in [-0.3, -0.25) is 5.32 Å². The smallest absolute Gasteiger partial charge is 0.411 e. The zero-order valence-corrected chi connectivity index (χ0v) is 14.3. The van der Waals surface area contributed by atoms with Gasteiger partial charge in [0.1, 0.15) is 0 Å². The van der Waals surface area contributed by atoms with E-state index in [2.05, 4.69) is 31.0 Å². The van der Waals surface area contributed by atoms with E-state index in [-0.39, 0.29) is 0 Å². The van der Waals surface area contributed by atoms with E-state index in [1.54, 1.807) is 30.3 Å². The summed E-state index contributed by atoms with van der Waals surface area (Å²) in [5.41, 5.74) is 1.40. The number of nitriles is 1. The third-order valence-corrected chi connectivity index (χ3v) is 4.55. The molecule has 0 aromatic heterocycles. The van der Waals surface area contributed by atoms with Crippen LogP contribution in [0.5, 0.6) is 0 Å². The van der Waals surface area contributed by atoms with E-state index < -0.39 is 6.09 Å². The minimum Gasteiger partial charge on any atom is -0.449 e. The van der Waals surface area contributed by atoms with Crippen molar-refractivity contribution >= 4 is 11.8 Å². The Labute approximate surface area is 144 Å². The molecule has 2 unspecified atom stereocenters. The molecule has 0 saturated heterocycles. The van der Waals surface area contributed by atoms with Crippen LogP contribution in [0.2, 0.25) is 0 Å². The molecule has 1 aromatic rings. The first-order valence-electron chi connectivity index (χ1n) is 8.63. The highest BCUT2D eigenvalue weighted by molar-refractivity contribution is 5.84.